The van der Waals surface area contributed by atoms with Gasteiger partial charge in [0.25, 0.3) is 17.7 Å². The van der Waals surface area contributed by atoms with Crippen molar-refractivity contribution in [3.8, 4) is 0 Å². The number of para-hydroxylation sites is 1. The third-order valence-corrected chi connectivity index (χ3v) is 4.69. The summed E-state index contributed by atoms with van der Waals surface area (Å²) in [6.07, 6.45) is 1.06. The van der Waals surface area contributed by atoms with Crippen LogP contribution in [0.3, 0.4) is 0 Å². The number of primary amides is 1. The number of anilines is 2. The van der Waals surface area contributed by atoms with Crippen LogP contribution >= 0.6 is 0 Å². The quantitative estimate of drug-likeness (QED) is 0.510. The van der Waals surface area contributed by atoms with Gasteiger partial charge in [-0.3, -0.25) is 19.2 Å². The van der Waals surface area contributed by atoms with E-state index in [1.165, 1.54) is 0 Å². The van der Waals surface area contributed by atoms with Gasteiger partial charge in [-0.25, -0.2) is 0 Å². The van der Waals surface area contributed by atoms with E-state index in [4.69, 9.17) is 10.5 Å². The number of carbonyl (C=O) groups is 4. The summed E-state index contributed by atoms with van der Waals surface area (Å²) in [5, 5.41) is 8.06. The Bertz CT molecular complexity index is 985. The van der Waals surface area contributed by atoms with Crippen LogP contribution in [0.4, 0.5) is 11.4 Å². The molecule has 0 bridgehead atoms. The zero-order valence-corrected chi connectivity index (χ0v) is 16.9. The van der Waals surface area contributed by atoms with Gasteiger partial charge in [0.15, 0.2) is 0 Å². The number of hydrogen-bond donors (Lipinski definition) is 4. The van der Waals surface area contributed by atoms with E-state index < -0.39 is 23.8 Å². The highest BCUT2D eigenvalue weighted by molar-refractivity contribution is 6.09. The van der Waals surface area contributed by atoms with Crippen molar-refractivity contribution in [2.45, 2.75) is 25.4 Å². The summed E-state index contributed by atoms with van der Waals surface area (Å²) < 4.78 is 5.37. The van der Waals surface area contributed by atoms with E-state index in [1.54, 1.807) is 48.5 Å². The summed E-state index contributed by atoms with van der Waals surface area (Å²) in [7, 11) is 0. The molecule has 1 fully saturated rings. The molecule has 1 aliphatic heterocycles. The summed E-state index contributed by atoms with van der Waals surface area (Å²) in [6, 6.07) is 13.0. The van der Waals surface area contributed by atoms with Crippen molar-refractivity contribution in [2.24, 2.45) is 5.73 Å². The number of ether oxygens (including phenoxy) is 1. The molecule has 1 heterocycles. The number of hydrogen-bond acceptors (Lipinski definition) is 5. The molecule has 1 aliphatic rings. The second-order valence-electron chi connectivity index (χ2n) is 7.04. The minimum Gasteiger partial charge on any atom is -0.370 e. The van der Waals surface area contributed by atoms with Gasteiger partial charge in [0.1, 0.15) is 6.10 Å². The van der Waals surface area contributed by atoms with Crippen LogP contribution in [0, 0.1) is 0 Å². The molecule has 1 unspecified atom stereocenters. The van der Waals surface area contributed by atoms with E-state index >= 15 is 0 Å². The average molecular weight is 424 g/mol. The van der Waals surface area contributed by atoms with Crippen LogP contribution in [0.15, 0.2) is 48.5 Å². The van der Waals surface area contributed by atoms with Gasteiger partial charge in [-0.1, -0.05) is 18.2 Å². The fourth-order valence-electron chi connectivity index (χ4n) is 3.12. The van der Waals surface area contributed by atoms with Crippen molar-refractivity contribution in [3.63, 3.8) is 0 Å². The van der Waals surface area contributed by atoms with Gasteiger partial charge < -0.3 is 26.4 Å². The van der Waals surface area contributed by atoms with Crippen molar-refractivity contribution < 1.29 is 23.9 Å². The summed E-state index contributed by atoms with van der Waals surface area (Å²) in [5.74, 6) is -1.64. The topological polar surface area (TPSA) is 140 Å². The van der Waals surface area contributed by atoms with Crippen molar-refractivity contribution in [3.05, 3.63) is 59.7 Å². The molecule has 1 saturated heterocycles. The molecular weight excluding hydrogens is 400 g/mol. The predicted molar refractivity (Wildman–Crippen MR) is 115 cm³/mol. The van der Waals surface area contributed by atoms with Gasteiger partial charge in [0.2, 0.25) is 5.91 Å². The number of rotatable bonds is 8. The fourth-order valence-corrected chi connectivity index (χ4v) is 3.12. The number of amides is 4. The zero-order chi connectivity index (χ0) is 22.2. The lowest BCUT2D eigenvalue weighted by Gasteiger charge is -2.13. The summed E-state index contributed by atoms with van der Waals surface area (Å²) >= 11 is 0. The minimum atomic E-state index is -0.520. The largest absolute Gasteiger partial charge is 0.370 e. The Balaban J connectivity index is 1.67. The Hall–Kier alpha value is -3.72. The fraction of sp³-hybridized carbons (Fsp3) is 0.273. The highest BCUT2D eigenvalue weighted by Crippen LogP contribution is 2.19. The Morgan fingerprint density at radius 2 is 1.81 bits per heavy atom. The molecule has 0 aliphatic carbocycles. The maximum absolute atomic E-state index is 12.7. The van der Waals surface area contributed by atoms with Gasteiger partial charge in [0.05, 0.1) is 11.3 Å². The number of benzene rings is 2. The number of nitrogens with one attached hydrogen (secondary N) is 3. The van der Waals surface area contributed by atoms with Crippen LogP contribution in [0.5, 0.6) is 0 Å². The van der Waals surface area contributed by atoms with E-state index in [0.717, 1.165) is 6.42 Å². The molecule has 1 atom stereocenters. The third-order valence-electron chi connectivity index (χ3n) is 4.69. The van der Waals surface area contributed by atoms with E-state index in [9.17, 15) is 19.2 Å². The van der Waals surface area contributed by atoms with Crippen molar-refractivity contribution in [1.82, 2.24) is 5.32 Å². The standard InChI is InChI=1S/C22H24N4O5/c23-19(27)10-11-24-21(29)16-7-1-2-8-17(16)26-20(28)14-5-3-6-15(13-14)25-22(30)18-9-4-12-31-18/h1-3,5-8,13,18H,4,9-12H2,(H2,23,27)(H,24,29)(H,25,30)(H,26,28). The average Bonchev–Trinajstić information content (AvgIpc) is 3.29. The van der Waals surface area contributed by atoms with E-state index in [1.807, 2.05) is 0 Å². The molecule has 31 heavy (non-hydrogen) atoms. The van der Waals surface area contributed by atoms with E-state index in [0.29, 0.717) is 30.0 Å². The number of carbonyl (C=O) groups excluding carboxylic acids is 4. The molecule has 0 saturated carbocycles. The van der Waals surface area contributed by atoms with Gasteiger partial charge in [-0.2, -0.15) is 0 Å². The Morgan fingerprint density at radius 1 is 1.00 bits per heavy atom. The summed E-state index contributed by atoms with van der Waals surface area (Å²) in [4.78, 5) is 48.2. The van der Waals surface area contributed by atoms with Crippen LogP contribution in [-0.4, -0.2) is 42.9 Å². The monoisotopic (exact) mass is 424 g/mol. The first-order chi connectivity index (χ1) is 14.9. The SMILES string of the molecule is NC(=O)CCNC(=O)c1ccccc1NC(=O)c1cccc(NC(=O)C2CCCO2)c1. The van der Waals surface area contributed by atoms with Crippen LogP contribution in [0.1, 0.15) is 40.0 Å². The maximum atomic E-state index is 12.7. The molecule has 9 nitrogen and oxygen atoms in total. The smallest absolute Gasteiger partial charge is 0.255 e. The van der Waals surface area contributed by atoms with Crippen LogP contribution < -0.4 is 21.7 Å². The lowest BCUT2D eigenvalue weighted by atomic mass is 10.1. The van der Waals surface area contributed by atoms with Gasteiger partial charge >= 0.3 is 0 Å². The second-order valence-corrected chi connectivity index (χ2v) is 7.04. The van der Waals surface area contributed by atoms with Crippen molar-refractivity contribution in [2.75, 3.05) is 23.8 Å². The van der Waals surface area contributed by atoms with Crippen molar-refractivity contribution in [1.29, 1.82) is 0 Å². The van der Waals surface area contributed by atoms with E-state index in [2.05, 4.69) is 16.0 Å². The highest BCUT2D eigenvalue weighted by Gasteiger charge is 2.23. The van der Waals surface area contributed by atoms with Gasteiger partial charge in [-0.15, -0.1) is 0 Å². The molecule has 9 heteroatoms. The first-order valence-electron chi connectivity index (χ1n) is 9.93. The summed E-state index contributed by atoms with van der Waals surface area (Å²) in [5.41, 5.74) is 6.44. The Kier molecular flexibility index (Phi) is 7.34. The van der Waals surface area contributed by atoms with Crippen LogP contribution in [-0.2, 0) is 14.3 Å². The van der Waals surface area contributed by atoms with Crippen molar-refractivity contribution >= 4 is 35.0 Å². The highest BCUT2D eigenvalue weighted by atomic mass is 16.5. The first-order valence-corrected chi connectivity index (χ1v) is 9.93. The zero-order valence-electron chi connectivity index (χ0n) is 16.9. The third kappa shape index (κ3) is 6.13. The Labute approximate surface area is 179 Å². The molecule has 162 valence electrons. The molecule has 4 amide bonds. The Morgan fingerprint density at radius 3 is 2.55 bits per heavy atom. The minimum absolute atomic E-state index is 0.0185. The summed E-state index contributed by atoms with van der Waals surface area (Å²) in [6.45, 7) is 0.666. The van der Waals surface area contributed by atoms with E-state index in [-0.39, 0.29) is 24.4 Å². The maximum Gasteiger partial charge on any atom is 0.255 e. The van der Waals surface area contributed by atoms with Gasteiger partial charge in [0, 0.05) is 30.8 Å². The van der Waals surface area contributed by atoms with Crippen LogP contribution in [0.25, 0.3) is 0 Å². The molecular formula is C22H24N4O5. The van der Waals surface area contributed by atoms with Gasteiger partial charge in [-0.05, 0) is 43.2 Å². The molecule has 0 aromatic heterocycles. The molecule has 0 spiro atoms. The van der Waals surface area contributed by atoms with Crippen LogP contribution in [0.2, 0.25) is 0 Å². The predicted octanol–water partition coefficient (Wildman–Crippen LogP) is 1.66. The molecule has 2 aromatic rings. The molecule has 5 N–H and O–H groups in total. The number of nitrogens with two attached hydrogens (primary N) is 1. The molecule has 2 aromatic carbocycles. The first kappa shape index (κ1) is 22.0. The second kappa shape index (κ2) is 10.4. The molecule has 3 rings (SSSR count). The lowest BCUT2D eigenvalue weighted by Crippen LogP contribution is -2.29. The molecule has 0 radical (unpaired) electrons. The lowest BCUT2D eigenvalue weighted by molar-refractivity contribution is -0.124. The normalized spacial score (nSPS) is 15.2.